The van der Waals surface area contributed by atoms with Crippen molar-refractivity contribution in [2.45, 2.75) is 30.8 Å². The van der Waals surface area contributed by atoms with Crippen LogP contribution in [0.3, 0.4) is 0 Å². The lowest BCUT2D eigenvalue weighted by molar-refractivity contribution is 0.519. The predicted molar refractivity (Wildman–Crippen MR) is 97.4 cm³/mol. The molecule has 0 saturated carbocycles. The van der Waals surface area contributed by atoms with E-state index in [9.17, 15) is 4.79 Å². The molecule has 0 atom stereocenters. The van der Waals surface area contributed by atoms with Gasteiger partial charge in [0, 0.05) is 16.8 Å². The van der Waals surface area contributed by atoms with Crippen molar-refractivity contribution >= 4 is 34.3 Å². The maximum atomic E-state index is 12.7. The Morgan fingerprint density at radius 3 is 2.70 bits per heavy atom. The number of fused-ring (bicyclic) bond motifs is 1. The summed E-state index contributed by atoms with van der Waals surface area (Å²) in [7, 11) is 0. The van der Waals surface area contributed by atoms with Gasteiger partial charge in [-0.25, -0.2) is 4.98 Å². The van der Waals surface area contributed by atoms with Gasteiger partial charge in [0.25, 0.3) is 5.56 Å². The smallest absolute Gasteiger partial charge is 0.262 e. The summed E-state index contributed by atoms with van der Waals surface area (Å²) in [5.41, 5.74) is 1.86. The third-order valence-electron chi connectivity index (χ3n) is 3.55. The normalized spacial score (nSPS) is 11.3. The van der Waals surface area contributed by atoms with Crippen molar-refractivity contribution in [3.63, 3.8) is 0 Å². The van der Waals surface area contributed by atoms with E-state index in [2.05, 4.69) is 4.98 Å². The summed E-state index contributed by atoms with van der Waals surface area (Å²) in [6, 6.07) is 15.3. The summed E-state index contributed by atoms with van der Waals surface area (Å²) >= 11 is 7.59. The topological polar surface area (TPSA) is 34.9 Å². The lowest BCUT2D eigenvalue weighted by atomic mass is 10.2. The Balaban J connectivity index is 2.02. The highest BCUT2D eigenvalue weighted by Gasteiger charge is 2.13. The van der Waals surface area contributed by atoms with Crippen LogP contribution in [0.5, 0.6) is 0 Å². The molecule has 0 amide bonds. The van der Waals surface area contributed by atoms with Gasteiger partial charge < -0.3 is 0 Å². The molecular weight excluding hydrogens is 328 g/mol. The number of halogens is 1. The number of aromatic nitrogens is 2. The first-order valence-electron chi connectivity index (χ1n) is 7.45. The molecule has 0 bridgehead atoms. The molecule has 3 aromatic rings. The number of para-hydroxylation sites is 1. The maximum Gasteiger partial charge on any atom is 0.262 e. The Kier molecular flexibility index (Phi) is 4.74. The van der Waals surface area contributed by atoms with Crippen molar-refractivity contribution in [3.05, 3.63) is 69.5 Å². The number of nitrogens with zero attached hydrogens (tertiary/aromatic N) is 2. The Morgan fingerprint density at radius 2 is 1.96 bits per heavy atom. The van der Waals surface area contributed by atoms with Crippen LogP contribution in [0.15, 0.2) is 58.5 Å². The molecule has 2 aromatic carbocycles. The first-order chi connectivity index (χ1) is 11.1. The molecule has 1 aromatic heterocycles. The fourth-order valence-electron chi connectivity index (χ4n) is 2.46. The molecule has 0 N–H and O–H groups in total. The van der Waals surface area contributed by atoms with Gasteiger partial charge in [-0.05, 0) is 43.7 Å². The predicted octanol–water partition coefficient (Wildman–Crippen LogP) is 4.92. The second-order valence-corrected chi connectivity index (χ2v) is 6.98. The average molecular weight is 345 g/mol. The summed E-state index contributed by atoms with van der Waals surface area (Å²) in [4.78, 5) is 17.4. The molecular formula is C18H17ClN2OS. The fraction of sp³-hybridized carbons (Fsp3) is 0.222. The Morgan fingerprint density at radius 1 is 1.17 bits per heavy atom. The van der Waals surface area contributed by atoms with Crippen LogP contribution in [-0.2, 0) is 5.75 Å². The zero-order valence-electron chi connectivity index (χ0n) is 13.0. The number of hydrogen-bond donors (Lipinski definition) is 0. The first-order valence-corrected chi connectivity index (χ1v) is 8.81. The van der Waals surface area contributed by atoms with E-state index in [1.807, 2.05) is 62.4 Å². The quantitative estimate of drug-likeness (QED) is 0.497. The van der Waals surface area contributed by atoms with Gasteiger partial charge in [0.1, 0.15) is 0 Å². The second kappa shape index (κ2) is 6.77. The lowest BCUT2D eigenvalue weighted by Crippen LogP contribution is -2.25. The van der Waals surface area contributed by atoms with Gasteiger partial charge in [0.2, 0.25) is 0 Å². The molecule has 0 saturated heterocycles. The van der Waals surface area contributed by atoms with Gasteiger partial charge in [0.15, 0.2) is 5.16 Å². The third kappa shape index (κ3) is 3.43. The minimum atomic E-state index is 0.0131. The van der Waals surface area contributed by atoms with Gasteiger partial charge in [-0.15, -0.1) is 0 Å². The molecule has 0 aliphatic rings. The first kappa shape index (κ1) is 16.1. The lowest BCUT2D eigenvalue weighted by Gasteiger charge is -2.16. The van der Waals surface area contributed by atoms with Crippen molar-refractivity contribution in [2.75, 3.05) is 0 Å². The fourth-order valence-corrected chi connectivity index (χ4v) is 3.74. The van der Waals surface area contributed by atoms with Crippen molar-refractivity contribution in [2.24, 2.45) is 0 Å². The average Bonchev–Trinajstić information content (AvgIpc) is 2.53. The molecule has 0 spiro atoms. The van der Waals surface area contributed by atoms with Crippen LogP contribution in [0.1, 0.15) is 25.5 Å². The van der Waals surface area contributed by atoms with Crippen LogP contribution in [-0.4, -0.2) is 9.55 Å². The van der Waals surface area contributed by atoms with Gasteiger partial charge in [-0.1, -0.05) is 47.6 Å². The highest BCUT2D eigenvalue weighted by Crippen LogP contribution is 2.25. The van der Waals surface area contributed by atoms with Crippen LogP contribution in [0.2, 0.25) is 5.02 Å². The Hall–Kier alpha value is -1.78. The zero-order valence-corrected chi connectivity index (χ0v) is 14.6. The van der Waals surface area contributed by atoms with E-state index >= 15 is 0 Å². The molecule has 3 nitrogen and oxygen atoms in total. The van der Waals surface area contributed by atoms with Crippen molar-refractivity contribution in [3.8, 4) is 0 Å². The molecule has 1 heterocycles. The zero-order chi connectivity index (χ0) is 16.4. The van der Waals surface area contributed by atoms with E-state index in [1.54, 1.807) is 16.3 Å². The number of hydrogen-bond acceptors (Lipinski definition) is 3. The van der Waals surface area contributed by atoms with Crippen LogP contribution in [0, 0.1) is 0 Å². The summed E-state index contributed by atoms with van der Waals surface area (Å²) in [5, 5.41) is 2.12. The largest absolute Gasteiger partial charge is 0.285 e. The van der Waals surface area contributed by atoms with Crippen molar-refractivity contribution < 1.29 is 0 Å². The van der Waals surface area contributed by atoms with Gasteiger partial charge in [-0.2, -0.15) is 0 Å². The van der Waals surface area contributed by atoms with E-state index in [0.717, 1.165) is 27.0 Å². The van der Waals surface area contributed by atoms with E-state index in [0.29, 0.717) is 5.39 Å². The van der Waals surface area contributed by atoms with E-state index in [4.69, 9.17) is 11.6 Å². The summed E-state index contributed by atoms with van der Waals surface area (Å²) in [5.74, 6) is 0.720. The van der Waals surface area contributed by atoms with Gasteiger partial charge in [0.05, 0.1) is 10.9 Å². The van der Waals surface area contributed by atoms with E-state index < -0.39 is 0 Å². The Labute approximate surface area is 144 Å². The highest BCUT2D eigenvalue weighted by atomic mass is 35.5. The number of thioether (sulfide) groups is 1. The molecule has 0 radical (unpaired) electrons. The molecule has 0 aliphatic carbocycles. The SMILES string of the molecule is CC(C)n1c(SCc2cccc(Cl)c2)nc2ccccc2c1=O. The van der Waals surface area contributed by atoms with E-state index in [-0.39, 0.29) is 11.6 Å². The molecule has 3 rings (SSSR count). The minimum absolute atomic E-state index is 0.0131. The number of benzene rings is 2. The Bertz CT molecular complexity index is 905. The molecule has 0 fully saturated rings. The summed E-state index contributed by atoms with van der Waals surface area (Å²) < 4.78 is 1.76. The monoisotopic (exact) mass is 344 g/mol. The summed E-state index contributed by atoms with van der Waals surface area (Å²) in [6.45, 7) is 4.00. The van der Waals surface area contributed by atoms with Crippen LogP contribution in [0.4, 0.5) is 0 Å². The van der Waals surface area contributed by atoms with Crippen LogP contribution >= 0.6 is 23.4 Å². The minimum Gasteiger partial charge on any atom is -0.285 e. The molecule has 118 valence electrons. The molecule has 5 heteroatoms. The highest BCUT2D eigenvalue weighted by molar-refractivity contribution is 7.98. The van der Waals surface area contributed by atoms with Gasteiger partial charge >= 0.3 is 0 Å². The van der Waals surface area contributed by atoms with E-state index in [1.165, 1.54) is 0 Å². The molecule has 0 unspecified atom stereocenters. The molecule has 0 aliphatic heterocycles. The van der Waals surface area contributed by atoms with Crippen LogP contribution in [0.25, 0.3) is 10.9 Å². The standard InChI is InChI=1S/C18H17ClN2OS/c1-12(2)21-17(22)15-8-3-4-9-16(15)20-18(21)23-11-13-6-5-7-14(19)10-13/h3-10,12H,11H2,1-2H3. The molecule has 23 heavy (non-hydrogen) atoms. The van der Waals surface area contributed by atoms with Crippen LogP contribution < -0.4 is 5.56 Å². The third-order valence-corrected chi connectivity index (χ3v) is 4.81. The maximum absolute atomic E-state index is 12.7. The van der Waals surface area contributed by atoms with Gasteiger partial charge in [-0.3, -0.25) is 9.36 Å². The second-order valence-electron chi connectivity index (χ2n) is 5.60. The number of rotatable bonds is 4. The van der Waals surface area contributed by atoms with Crippen molar-refractivity contribution in [1.82, 2.24) is 9.55 Å². The van der Waals surface area contributed by atoms with Crippen molar-refractivity contribution in [1.29, 1.82) is 0 Å². The summed E-state index contributed by atoms with van der Waals surface area (Å²) in [6.07, 6.45) is 0.